The molecule has 0 fully saturated rings. The first-order valence-corrected chi connectivity index (χ1v) is 4.27. The molecule has 2 N–H and O–H groups in total. The first kappa shape index (κ1) is 9.36. The van der Waals surface area contributed by atoms with Crippen LogP contribution in [0.25, 0.3) is 0 Å². The maximum Gasteiger partial charge on any atom is 0.125 e. The fraction of sp³-hybridized carbons (Fsp3) is 0.333. The Hall–Kier alpha value is -0.730. The molecule has 0 saturated carbocycles. The van der Waals surface area contributed by atoms with Crippen LogP contribution in [0.2, 0.25) is 5.02 Å². The third-order valence-corrected chi connectivity index (χ3v) is 1.78. The van der Waals surface area contributed by atoms with Gasteiger partial charge in [0.1, 0.15) is 5.75 Å². The van der Waals surface area contributed by atoms with E-state index < -0.39 is 0 Å². The largest absolute Gasteiger partial charge is 0.493 e. The van der Waals surface area contributed by atoms with E-state index in [-0.39, 0.29) is 0 Å². The average molecular weight is 186 g/mol. The molecule has 0 aliphatic heterocycles. The molecule has 0 heterocycles. The van der Waals surface area contributed by atoms with Crippen molar-refractivity contribution in [1.82, 2.24) is 0 Å². The second kappa shape index (κ2) is 4.33. The normalized spacial score (nSPS) is 9.92. The third kappa shape index (κ3) is 2.13. The van der Waals surface area contributed by atoms with Crippen molar-refractivity contribution in [1.29, 1.82) is 0 Å². The number of benzene rings is 1. The topological polar surface area (TPSA) is 35.2 Å². The van der Waals surface area contributed by atoms with Crippen molar-refractivity contribution in [3.05, 3.63) is 28.8 Å². The Morgan fingerprint density at radius 3 is 2.83 bits per heavy atom. The fourth-order valence-electron chi connectivity index (χ4n) is 0.987. The zero-order chi connectivity index (χ0) is 8.97. The molecule has 66 valence electrons. The first-order chi connectivity index (χ1) is 5.77. The van der Waals surface area contributed by atoms with E-state index in [1.165, 1.54) is 0 Å². The predicted molar refractivity (Wildman–Crippen MR) is 50.5 cm³/mol. The molecule has 12 heavy (non-hydrogen) atoms. The highest BCUT2D eigenvalue weighted by atomic mass is 35.5. The summed E-state index contributed by atoms with van der Waals surface area (Å²) in [5.74, 6) is 0.785. The molecule has 1 aromatic rings. The van der Waals surface area contributed by atoms with E-state index in [2.05, 4.69) is 0 Å². The number of nitrogens with two attached hydrogens (primary N) is 1. The molecule has 2 nitrogen and oxygen atoms in total. The minimum Gasteiger partial charge on any atom is -0.493 e. The van der Waals surface area contributed by atoms with E-state index in [0.29, 0.717) is 18.2 Å². The van der Waals surface area contributed by atoms with Gasteiger partial charge in [-0.15, -0.1) is 0 Å². The Morgan fingerprint density at radius 2 is 2.25 bits per heavy atom. The maximum absolute atomic E-state index is 5.79. The van der Waals surface area contributed by atoms with Crippen LogP contribution in [0.15, 0.2) is 18.2 Å². The summed E-state index contributed by atoms with van der Waals surface area (Å²) in [5, 5.41) is 0.677. The van der Waals surface area contributed by atoms with E-state index in [1.807, 2.05) is 19.1 Å². The van der Waals surface area contributed by atoms with Crippen LogP contribution in [0.3, 0.4) is 0 Å². The number of hydrogen-bond donors (Lipinski definition) is 1. The van der Waals surface area contributed by atoms with Crippen LogP contribution in [0.4, 0.5) is 0 Å². The summed E-state index contributed by atoms with van der Waals surface area (Å²) in [6.45, 7) is 3.04. The molecule has 1 rings (SSSR count). The number of ether oxygens (including phenoxy) is 1. The fourth-order valence-corrected chi connectivity index (χ4v) is 1.15. The van der Waals surface area contributed by atoms with Gasteiger partial charge < -0.3 is 10.5 Å². The van der Waals surface area contributed by atoms with Gasteiger partial charge in [0.05, 0.1) is 6.61 Å². The summed E-state index contributed by atoms with van der Waals surface area (Å²) in [5.41, 5.74) is 6.50. The zero-order valence-electron chi connectivity index (χ0n) is 7.01. The van der Waals surface area contributed by atoms with E-state index in [9.17, 15) is 0 Å². The molecule has 0 unspecified atom stereocenters. The molecule has 0 amide bonds. The molecule has 1 aromatic carbocycles. The highest BCUT2D eigenvalue weighted by Crippen LogP contribution is 2.22. The van der Waals surface area contributed by atoms with Crippen molar-refractivity contribution in [3.8, 4) is 5.75 Å². The van der Waals surface area contributed by atoms with Crippen molar-refractivity contribution in [2.45, 2.75) is 13.5 Å². The maximum atomic E-state index is 5.79. The quantitative estimate of drug-likeness (QED) is 0.784. The van der Waals surface area contributed by atoms with Gasteiger partial charge in [-0.1, -0.05) is 17.7 Å². The summed E-state index contributed by atoms with van der Waals surface area (Å²) in [7, 11) is 0. The highest BCUT2D eigenvalue weighted by Gasteiger charge is 2.01. The number of hydrogen-bond acceptors (Lipinski definition) is 2. The van der Waals surface area contributed by atoms with Gasteiger partial charge in [0.15, 0.2) is 0 Å². The smallest absolute Gasteiger partial charge is 0.125 e. The van der Waals surface area contributed by atoms with Gasteiger partial charge in [-0.05, 0) is 19.1 Å². The summed E-state index contributed by atoms with van der Waals surface area (Å²) in [6, 6.07) is 5.48. The number of halogens is 1. The van der Waals surface area contributed by atoms with Crippen molar-refractivity contribution >= 4 is 11.6 Å². The van der Waals surface area contributed by atoms with E-state index in [0.717, 1.165) is 11.3 Å². The van der Waals surface area contributed by atoms with Crippen LogP contribution in [0.5, 0.6) is 5.75 Å². The lowest BCUT2D eigenvalue weighted by molar-refractivity contribution is 0.336. The summed E-state index contributed by atoms with van der Waals surface area (Å²) in [6.07, 6.45) is 0. The molecular formula is C9H12ClNO. The Morgan fingerprint density at radius 1 is 1.50 bits per heavy atom. The molecule has 0 radical (unpaired) electrons. The van der Waals surface area contributed by atoms with Crippen molar-refractivity contribution < 1.29 is 4.74 Å². The lowest BCUT2D eigenvalue weighted by Gasteiger charge is -2.08. The number of rotatable bonds is 3. The van der Waals surface area contributed by atoms with E-state index >= 15 is 0 Å². The summed E-state index contributed by atoms with van der Waals surface area (Å²) in [4.78, 5) is 0. The SMILES string of the molecule is CCOc1cc(Cl)ccc1CN. The van der Waals surface area contributed by atoms with Crippen LogP contribution in [0, 0.1) is 0 Å². The van der Waals surface area contributed by atoms with Crippen molar-refractivity contribution in [3.63, 3.8) is 0 Å². The van der Waals surface area contributed by atoms with E-state index in [4.69, 9.17) is 22.1 Å². The third-order valence-electron chi connectivity index (χ3n) is 1.55. The molecule has 0 aliphatic rings. The molecule has 3 heteroatoms. The summed E-state index contributed by atoms with van der Waals surface area (Å²) >= 11 is 5.79. The second-order valence-corrected chi connectivity index (χ2v) is 2.83. The van der Waals surface area contributed by atoms with Crippen LogP contribution in [0.1, 0.15) is 12.5 Å². The minimum atomic E-state index is 0.479. The van der Waals surface area contributed by atoms with E-state index in [1.54, 1.807) is 6.07 Å². The van der Waals surface area contributed by atoms with Gasteiger partial charge >= 0.3 is 0 Å². The molecule has 0 bridgehead atoms. The standard InChI is InChI=1S/C9H12ClNO/c1-2-12-9-5-8(10)4-3-7(9)6-11/h3-5H,2,6,11H2,1H3. The highest BCUT2D eigenvalue weighted by molar-refractivity contribution is 6.30. The Kier molecular flexibility index (Phi) is 3.38. The van der Waals surface area contributed by atoms with Gasteiger partial charge in [0.25, 0.3) is 0 Å². The van der Waals surface area contributed by atoms with Crippen LogP contribution in [-0.2, 0) is 6.54 Å². The second-order valence-electron chi connectivity index (χ2n) is 2.39. The molecule has 0 saturated heterocycles. The van der Waals surface area contributed by atoms with Crippen LogP contribution < -0.4 is 10.5 Å². The van der Waals surface area contributed by atoms with Gasteiger partial charge in [0, 0.05) is 17.1 Å². The molecule has 0 spiro atoms. The first-order valence-electron chi connectivity index (χ1n) is 3.89. The zero-order valence-corrected chi connectivity index (χ0v) is 7.77. The van der Waals surface area contributed by atoms with Gasteiger partial charge in [-0.3, -0.25) is 0 Å². The van der Waals surface area contributed by atoms with Crippen molar-refractivity contribution in [2.24, 2.45) is 5.73 Å². The lowest BCUT2D eigenvalue weighted by Crippen LogP contribution is -2.01. The molecule has 0 atom stereocenters. The van der Waals surface area contributed by atoms with Crippen molar-refractivity contribution in [2.75, 3.05) is 6.61 Å². The minimum absolute atomic E-state index is 0.479. The Labute approximate surface area is 77.3 Å². The van der Waals surface area contributed by atoms with Crippen LogP contribution in [-0.4, -0.2) is 6.61 Å². The molecule has 0 aromatic heterocycles. The van der Waals surface area contributed by atoms with Gasteiger partial charge in [-0.2, -0.15) is 0 Å². The molecule has 0 aliphatic carbocycles. The predicted octanol–water partition coefficient (Wildman–Crippen LogP) is 2.20. The van der Waals surface area contributed by atoms with Gasteiger partial charge in [0.2, 0.25) is 0 Å². The molecular weight excluding hydrogens is 174 g/mol. The Bertz CT molecular complexity index is 263. The monoisotopic (exact) mass is 185 g/mol. The Balaban J connectivity index is 2.95. The lowest BCUT2D eigenvalue weighted by atomic mass is 10.2. The average Bonchev–Trinajstić information content (AvgIpc) is 2.05. The summed E-state index contributed by atoms with van der Waals surface area (Å²) < 4.78 is 5.34. The van der Waals surface area contributed by atoms with Crippen LogP contribution >= 0.6 is 11.6 Å². The van der Waals surface area contributed by atoms with Gasteiger partial charge in [-0.25, -0.2) is 0 Å².